The molecule has 188 valence electrons. The van der Waals surface area contributed by atoms with E-state index in [-0.39, 0.29) is 17.9 Å². The number of aliphatic imine (C=N–C) groups is 1. The van der Waals surface area contributed by atoms with Crippen LogP contribution in [-0.2, 0) is 11.8 Å². The summed E-state index contributed by atoms with van der Waals surface area (Å²) in [5.74, 6) is 1.28. The van der Waals surface area contributed by atoms with Gasteiger partial charge in [0.05, 0.1) is 36.7 Å². The number of fused-ring (bicyclic) bond motifs is 2. The Morgan fingerprint density at radius 1 is 1.26 bits per heavy atom. The fourth-order valence-corrected chi connectivity index (χ4v) is 4.67. The van der Waals surface area contributed by atoms with Crippen molar-refractivity contribution in [3.63, 3.8) is 0 Å². The summed E-state index contributed by atoms with van der Waals surface area (Å²) in [7, 11) is 3.54. The third-order valence-electron chi connectivity index (χ3n) is 6.95. The van der Waals surface area contributed by atoms with Gasteiger partial charge in [-0.15, -0.1) is 0 Å². The largest absolute Gasteiger partial charge is 0.493 e. The molecule has 2 aliphatic rings. The highest BCUT2D eigenvalue weighted by atomic mass is 16.5. The zero-order chi connectivity index (χ0) is 25.3. The highest BCUT2D eigenvalue weighted by Crippen LogP contribution is 2.38. The molecule has 0 bridgehead atoms. The summed E-state index contributed by atoms with van der Waals surface area (Å²) in [6.07, 6.45) is 6.22. The van der Waals surface area contributed by atoms with Crippen molar-refractivity contribution in [3.05, 3.63) is 35.7 Å². The van der Waals surface area contributed by atoms with Crippen molar-refractivity contribution in [1.82, 2.24) is 9.47 Å². The third kappa shape index (κ3) is 5.06. The van der Waals surface area contributed by atoms with E-state index in [1.54, 1.807) is 19.2 Å². The summed E-state index contributed by atoms with van der Waals surface area (Å²) in [6.45, 7) is 9.13. The van der Waals surface area contributed by atoms with Gasteiger partial charge in [0.2, 0.25) is 5.91 Å². The molecule has 0 spiro atoms. The van der Waals surface area contributed by atoms with Gasteiger partial charge in [0, 0.05) is 43.2 Å². The van der Waals surface area contributed by atoms with Crippen LogP contribution in [0.5, 0.6) is 11.5 Å². The second-order valence-electron chi connectivity index (χ2n) is 10.4. The summed E-state index contributed by atoms with van der Waals surface area (Å²) in [5, 5.41) is 3.04. The van der Waals surface area contributed by atoms with Crippen LogP contribution < -0.4 is 14.8 Å². The van der Waals surface area contributed by atoms with E-state index >= 15 is 0 Å². The molecule has 1 aromatic carbocycles. The van der Waals surface area contributed by atoms with E-state index in [9.17, 15) is 9.59 Å². The monoisotopic (exact) mass is 480 g/mol. The van der Waals surface area contributed by atoms with Crippen molar-refractivity contribution in [3.8, 4) is 11.5 Å². The number of anilines is 1. The molecule has 2 aromatic rings. The van der Waals surface area contributed by atoms with Crippen molar-refractivity contribution in [2.24, 2.45) is 17.5 Å². The first kappa shape index (κ1) is 24.8. The molecule has 2 amide bonds. The van der Waals surface area contributed by atoms with Gasteiger partial charge in [-0.1, -0.05) is 27.7 Å². The molecule has 8 nitrogen and oxygen atoms in total. The molecule has 2 aliphatic heterocycles. The lowest BCUT2D eigenvalue weighted by Crippen LogP contribution is -2.35. The zero-order valence-electron chi connectivity index (χ0n) is 21.6. The van der Waals surface area contributed by atoms with E-state index in [1.807, 2.05) is 48.8 Å². The Morgan fingerprint density at radius 2 is 2.03 bits per heavy atom. The maximum atomic E-state index is 13.0. The van der Waals surface area contributed by atoms with Gasteiger partial charge in [0.15, 0.2) is 11.5 Å². The lowest BCUT2D eigenvalue weighted by atomic mass is 9.88. The summed E-state index contributed by atoms with van der Waals surface area (Å²) in [6, 6.07) is 5.54. The number of hydrogen-bond donors (Lipinski definition) is 1. The van der Waals surface area contributed by atoms with Crippen molar-refractivity contribution >= 4 is 29.4 Å². The van der Waals surface area contributed by atoms with E-state index in [4.69, 9.17) is 9.47 Å². The van der Waals surface area contributed by atoms with E-state index in [2.05, 4.69) is 24.2 Å². The van der Waals surface area contributed by atoms with Crippen molar-refractivity contribution < 1.29 is 19.1 Å². The smallest absolute Gasteiger partial charge is 0.256 e. The van der Waals surface area contributed by atoms with Crippen LogP contribution in [0.2, 0.25) is 0 Å². The van der Waals surface area contributed by atoms with Crippen LogP contribution >= 0.6 is 0 Å². The number of methoxy groups -OCH3 is 1. The maximum Gasteiger partial charge on any atom is 0.256 e. The number of ether oxygens (including phenoxy) is 2. The molecule has 4 rings (SSSR count). The molecule has 1 fully saturated rings. The van der Waals surface area contributed by atoms with Crippen molar-refractivity contribution in [2.45, 2.75) is 58.9 Å². The number of hydrogen-bond acceptors (Lipinski definition) is 5. The topological polar surface area (TPSA) is 85.2 Å². The van der Waals surface area contributed by atoms with Crippen LogP contribution in [0, 0.1) is 5.41 Å². The summed E-state index contributed by atoms with van der Waals surface area (Å²) < 4.78 is 13.6. The molecule has 1 atom stereocenters. The summed E-state index contributed by atoms with van der Waals surface area (Å²) in [5.41, 5.74) is 2.43. The Bertz CT molecular complexity index is 1150. The van der Waals surface area contributed by atoms with Gasteiger partial charge < -0.3 is 24.3 Å². The lowest BCUT2D eigenvalue weighted by molar-refractivity contribution is -0.124. The quantitative estimate of drug-likeness (QED) is 0.582. The van der Waals surface area contributed by atoms with Gasteiger partial charge in [-0.2, -0.15) is 0 Å². The molecule has 8 heteroatoms. The minimum absolute atomic E-state index is 0.0239. The highest BCUT2D eigenvalue weighted by molar-refractivity contribution is 6.03. The van der Waals surface area contributed by atoms with E-state index in [0.717, 1.165) is 25.1 Å². The molecular formula is C27H36N4O4. The number of nitrogens with zero attached hydrogens (tertiary/aromatic N) is 3. The first-order chi connectivity index (χ1) is 16.6. The Hall–Kier alpha value is -3.29. The molecule has 1 aromatic heterocycles. The Labute approximate surface area is 207 Å². The molecule has 0 saturated carbocycles. The van der Waals surface area contributed by atoms with Gasteiger partial charge in [-0.3, -0.25) is 14.6 Å². The van der Waals surface area contributed by atoms with Crippen LogP contribution in [-0.4, -0.2) is 53.8 Å². The second-order valence-corrected chi connectivity index (χ2v) is 10.4. The summed E-state index contributed by atoms with van der Waals surface area (Å²) in [4.78, 5) is 32.5. The number of aromatic nitrogens is 1. The first-order valence-electron chi connectivity index (χ1n) is 12.3. The van der Waals surface area contributed by atoms with E-state index < -0.39 is 5.41 Å². The number of aryl methyl sites for hydroxylation is 1. The molecule has 0 aliphatic carbocycles. The normalized spacial score (nSPS) is 17.3. The number of carbonyl (C=O) groups is 2. The number of rotatable bonds is 8. The van der Waals surface area contributed by atoms with Crippen molar-refractivity contribution in [2.75, 3.05) is 25.6 Å². The van der Waals surface area contributed by atoms with Gasteiger partial charge in [-0.25, -0.2) is 0 Å². The highest BCUT2D eigenvalue weighted by Gasteiger charge is 2.33. The molecule has 1 unspecified atom stereocenters. The molecule has 3 heterocycles. The molecule has 1 N–H and O–H groups in total. The van der Waals surface area contributed by atoms with Gasteiger partial charge in [-0.05, 0) is 37.3 Å². The fourth-order valence-electron chi connectivity index (χ4n) is 4.67. The molecular weight excluding hydrogens is 444 g/mol. The standard InChI is InChI=1S/C27H36N4O4/c1-17(2)22-12-18(16-30(22)5)29-26(33)27(3,4)9-11-35-24-14-21-20(13-23(24)34-6)25(32)31-10-7-8-19(31)15-28-21/h12-17,19H,7-11H2,1-6H3,(H,29,33). The molecule has 1 saturated heterocycles. The van der Waals surface area contributed by atoms with E-state index in [1.165, 1.54) is 5.69 Å². The number of amides is 2. The predicted octanol–water partition coefficient (Wildman–Crippen LogP) is 4.91. The Balaban J connectivity index is 1.43. The average Bonchev–Trinajstić information content (AvgIpc) is 3.40. The predicted molar refractivity (Wildman–Crippen MR) is 137 cm³/mol. The van der Waals surface area contributed by atoms with Gasteiger partial charge in [0.25, 0.3) is 5.91 Å². The van der Waals surface area contributed by atoms with Crippen LogP contribution in [0.1, 0.15) is 68.9 Å². The second kappa shape index (κ2) is 9.76. The Morgan fingerprint density at radius 3 is 2.71 bits per heavy atom. The average molecular weight is 481 g/mol. The number of carbonyl (C=O) groups excluding carboxylic acids is 2. The maximum absolute atomic E-state index is 13.0. The van der Waals surface area contributed by atoms with Crippen LogP contribution in [0.15, 0.2) is 29.4 Å². The minimum atomic E-state index is -0.647. The van der Waals surface area contributed by atoms with Crippen LogP contribution in [0.25, 0.3) is 0 Å². The third-order valence-corrected chi connectivity index (χ3v) is 6.95. The first-order valence-corrected chi connectivity index (χ1v) is 12.3. The molecule has 35 heavy (non-hydrogen) atoms. The molecule has 0 radical (unpaired) electrons. The minimum Gasteiger partial charge on any atom is -0.493 e. The summed E-state index contributed by atoms with van der Waals surface area (Å²) >= 11 is 0. The van der Waals surface area contributed by atoms with Crippen LogP contribution in [0.3, 0.4) is 0 Å². The lowest BCUT2D eigenvalue weighted by Gasteiger charge is -2.24. The van der Waals surface area contributed by atoms with E-state index in [0.29, 0.717) is 41.7 Å². The van der Waals surface area contributed by atoms with Gasteiger partial charge >= 0.3 is 0 Å². The fraction of sp³-hybridized carbons (Fsp3) is 0.519. The van der Waals surface area contributed by atoms with Crippen molar-refractivity contribution in [1.29, 1.82) is 0 Å². The SMILES string of the molecule is COc1cc2c(cc1OCCC(C)(C)C(=O)Nc1cc(C(C)C)n(C)c1)N=CC1CCCN1C2=O. The number of benzene rings is 1. The zero-order valence-corrected chi connectivity index (χ0v) is 21.6. The van der Waals surface area contributed by atoms with Crippen LogP contribution in [0.4, 0.5) is 11.4 Å². The Kier molecular flexibility index (Phi) is 6.92. The number of nitrogens with one attached hydrogen (secondary N) is 1. The van der Waals surface area contributed by atoms with Gasteiger partial charge in [0.1, 0.15) is 0 Å².